The first kappa shape index (κ1) is 27.5. The molecular weight excluding hydrogens is 599 g/mol. The minimum Gasteiger partial charge on any atom is -0.455 e. The lowest BCUT2D eigenvalue weighted by molar-refractivity contribution is 0.670. The monoisotopic (exact) mass is 625 g/mol. The van der Waals surface area contributed by atoms with Gasteiger partial charge >= 0.3 is 0 Å². The number of furan rings is 1. The maximum atomic E-state index is 6.75. The third-order valence-electron chi connectivity index (χ3n) is 9.48. The zero-order chi connectivity index (χ0) is 32.3. The Kier molecular flexibility index (Phi) is 6.15. The van der Waals surface area contributed by atoms with Crippen molar-refractivity contribution in [2.45, 2.75) is 0 Å². The first-order chi connectivity index (χ1) is 24.3. The summed E-state index contributed by atoms with van der Waals surface area (Å²) in [5, 5.41) is 9.12. The largest absolute Gasteiger partial charge is 0.455 e. The van der Waals surface area contributed by atoms with Crippen molar-refractivity contribution in [3.8, 4) is 45.3 Å². The van der Waals surface area contributed by atoms with E-state index in [2.05, 4.69) is 115 Å². The van der Waals surface area contributed by atoms with E-state index >= 15 is 0 Å². The minimum absolute atomic E-state index is 0.602. The molecule has 0 saturated heterocycles. The van der Waals surface area contributed by atoms with Crippen molar-refractivity contribution < 1.29 is 4.42 Å². The fraction of sp³-hybridized carbons (Fsp3) is 0. The van der Waals surface area contributed by atoms with Crippen molar-refractivity contribution in [1.29, 1.82) is 0 Å². The Morgan fingerprint density at radius 2 is 0.980 bits per heavy atom. The number of hydrogen-bond donors (Lipinski definition) is 0. The highest BCUT2D eigenvalue weighted by Crippen LogP contribution is 2.44. The van der Waals surface area contributed by atoms with E-state index in [4.69, 9.17) is 19.4 Å². The van der Waals surface area contributed by atoms with Crippen LogP contribution in [-0.4, -0.2) is 15.0 Å². The molecule has 0 aliphatic heterocycles. The van der Waals surface area contributed by atoms with Crippen LogP contribution in [0.4, 0.5) is 0 Å². The second-order valence-corrected chi connectivity index (χ2v) is 12.4. The van der Waals surface area contributed by atoms with E-state index in [1.165, 1.54) is 16.2 Å². The van der Waals surface area contributed by atoms with Crippen LogP contribution in [0.15, 0.2) is 168 Å². The molecule has 0 spiro atoms. The van der Waals surface area contributed by atoms with Crippen LogP contribution >= 0.6 is 0 Å². The van der Waals surface area contributed by atoms with Crippen molar-refractivity contribution in [1.82, 2.24) is 15.0 Å². The van der Waals surface area contributed by atoms with Crippen molar-refractivity contribution >= 4 is 54.3 Å². The van der Waals surface area contributed by atoms with Crippen LogP contribution in [0.3, 0.4) is 0 Å². The van der Waals surface area contributed by atoms with Crippen LogP contribution in [0.2, 0.25) is 0 Å². The number of hydrogen-bond acceptors (Lipinski definition) is 4. The number of fused-ring (bicyclic) bond motifs is 7. The van der Waals surface area contributed by atoms with Crippen LogP contribution in [0.5, 0.6) is 0 Å². The maximum absolute atomic E-state index is 6.75. The molecule has 0 atom stereocenters. The van der Waals surface area contributed by atoms with Crippen LogP contribution in [0, 0.1) is 0 Å². The summed E-state index contributed by atoms with van der Waals surface area (Å²) in [6.07, 6.45) is 0. The maximum Gasteiger partial charge on any atom is 0.164 e. The first-order valence-corrected chi connectivity index (χ1v) is 16.4. The third-order valence-corrected chi connectivity index (χ3v) is 9.48. The van der Waals surface area contributed by atoms with Crippen molar-refractivity contribution in [2.75, 3.05) is 0 Å². The number of nitrogens with zero attached hydrogens (tertiary/aromatic N) is 3. The summed E-state index contributed by atoms with van der Waals surface area (Å²) in [5.41, 5.74) is 6.61. The van der Waals surface area contributed by atoms with Crippen LogP contribution in [0.1, 0.15) is 0 Å². The van der Waals surface area contributed by atoms with Gasteiger partial charge < -0.3 is 4.42 Å². The molecule has 2 heterocycles. The highest BCUT2D eigenvalue weighted by Gasteiger charge is 2.21. The Morgan fingerprint density at radius 3 is 1.80 bits per heavy atom. The molecule has 0 aliphatic carbocycles. The van der Waals surface area contributed by atoms with Gasteiger partial charge in [-0.05, 0) is 56.1 Å². The summed E-state index contributed by atoms with van der Waals surface area (Å²) in [6.45, 7) is 0. The van der Waals surface area contributed by atoms with E-state index in [0.29, 0.717) is 17.5 Å². The molecule has 49 heavy (non-hydrogen) atoms. The highest BCUT2D eigenvalue weighted by molar-refractivity contribution is 6.21. The Balaban J connectivity index is 1.24. The molecule has 2 aromatic heterocycles. The number of rotatable bonds is 4. The van der Waals surface area contributed by atoms with Crippen LogP contribution in [-0.2, 0) is 0 Å². The van der Waals surface area contributed by atoms with Crippen molar-refractivity contribution in [2.24, 2.45) is 0 Å². The summed E-state index contributed by atoms with van der Waals surface area (Å²) < 4.78 is 6.75. The molecular formula is C45H27N3O. The molecule has 4 nitrogen and oxygen atoms in total. The Hall–Kier alpha value is -6.65. The second kappa shape index (κ2) is 11.0. The molecule has 0 bridgehead atoms. The van der Waals surface area contributed by atoms with Crippen LogP contribution in [0.25, 0.3) is 99.5 Å². The van der Waals surface area contributed by atoms with Gasteiger partial charge in [-0.3, -0.25) is 0 Å². The van der Waals surface area contributed by atoms with E-state index in [9.17, 15) is 0 Å². The molecule has 0 unspecified atom stereocenters. The summed E-state index contributed by atoms with van der Waals surface area (Å²) in [6, 6.07) is 56.8. The minimum atomic E-state index is 0.602. The van der Waals surface area contributed by atoms with Gasteiger partial charge in [0.2, 0.25) is 0 Å². The zero-order valence-electron chi connectivity index (χ0n) is 26.3. The lowest BCUT2D eigenvalue weighted by Crippen LogP contribution is -2.00. The van der Waals surface area contributed by atoms with Crippen molar-refractivity contribution in [3.63, 3.8) is 0 Å². The topological polar surface area (TPSA) is 51.8 Å². The van der Waals surface area contributed by atoms with Gasteiger partial charge in [-0.25, -0.2) is 15.0 Å². The van der Waals surface area contributed by atoms with Gasteiger partial charge in [0.25, 0.3) is 0 Å². The van der Waals surface area contributed by atoms with Crippen LogP contribution < -0.4 is 0 Å². The molecule has 0 aliphatic rings. The van der Waals surface area contributed by atoms with E-state index in [1.54, 1.807) is 0 Å². The van der Waals surface area contributed by atoms with Gasteiger partial charge in [0.15, 0.2) is 17.5 Å². The lowest BCUT2D eigenvalue weighted by Gasteiger charge is -2.11. The zero-order valence-corrected chi connectivity index (χ0v) is 26.3. The van der Waals surface area contributed by atoms with Crippen molar-refractivity contribution in [3.05, 3.63) is 164 Å². The highest BCUT2D eigenvalue weighted by atomic mass is 16.3. The average Bonchev–Trinajstić information content (AvgIpc) is 3.55. The SMILES string of the molecule is c1ccc(-c2nc(-c3ccc4c(ccc5ccccc54)c3)nc(-c3cccc4oc5c(-c6ccccc6)c6ccccc6cc5c34)n2)cc1. The fourth-order valence-electron chi connectivity index (χ4n) is 7.20. The molecule has 0 N–H and O–H groups in total. The van der Waals surface area contributed by atoms with E-state index in [0.717, 1.165) is 65.9 Å². The normalized spacial score (nSPS) is 11.7. The fourth-order valence-corrected chi connectivity index (χ4v) is 7.20. The Labute approximate surface area is 282 Å². The molecule has 0 radical (unpaired) electrons. The van der Waals surface area contributed by atoms with Gasteiger partial charge in [-0.15, -0.1) is 0 Å². The lowest BCUT2D eigenvalue weighted by atomic mass is 9.94. The van der Waals surface area contributed by atoms with Gasteiger partial charge in [0.05, 0.1) is 0 Å². The predicted molar refractivity (Wildman–Crippen MR) is 201 cm³/mol. The molecule has 10 aromatic rings. The smallest absolute Gasteiger partial charge is 0.164 e. The quantitative estimate of drug-likeness (QED) is 0.183. The van der Waals surface area contributed by atoms with E-state index in [-0.39, 0.29) is 0 Å². The average molecular weight is 626 g/mol. The number of benzene rings is 8. The summed E-state index contributed by atoms with van der Waals surface area (Å²) in [5.74, 6) is 1.85. The molecule has 0 amide bonds. The molecule has 0 saturated carbocycles. The Morgan fingerprint density at radius 1 is 0.367 bits per heavy atom. The van der Waals surface area contributed by atoms with E-state index < -0.39 is 0 Å². The Bertz CT molecular complexity index is 2880. The van der Waals surface area contributed by atoms with Gasteiger partial charge in [0.1, 0.15) is 11.2 Å². The first-order valence-electron chi connectivity index (χ1n) is 16.4. The van der Waals surface area contributed by atoms with Gasteiger partial charge in [0, 0.05) is 33.0 Å². The molecule has 0 fully saturated rings. The molecule has 228 valence electrons. The summed E-state index contributed by atoms with van der Waals surface area (Å²) in [7, 11) is 0. The van der Waals surface area contributed by atoms with E-state index in [1.807, 2.05) is 48.5 Å². The third kappa shape index (κ3) is 4.49. The molecule has 4 heteroatoms. The number of aromatic nitrogens is 3. The summed E-state index contributed by atoms with van der Waals surface area (Å²) in [4.78, 5) is 15.3. The standard InChI is InChI=1S/C45H27N3O/c1-3-13-29(14-4-1)40-36-19-10-8-17-31(36)27-38-41-37(20-11-21-39(41)49-42(38)40)45-47-43(30-15-5-2-6-16-30)46-44(48-45)33-24-25-35-32(26-33)23-22-28-12-7-9-18-34(28)35/h1-27H. The van der Waals surface area contributed by atoms with Gasteiger partial charge in [-0.1, -0.05) is 146 Å². The predicted octanol–water partition coefficient (Wildman–Crippen LogP) is 11.9. The van der Waals surface area contributed by atoms with Gasteiger partial charge in [-0.2, -0.15) is 0 Å². The molecule has 8 aromatic carbocycles. The summed E-state index contributed by atoms with van der Waals surface area (Å²) >= 11 is 0. The molecule has 10 rings (SSSR count). The second-order valence-electron chi connectivity index (χ2n) is 12.4.